The number of nitrogens with one attached hydrogen (secondary N) is 2. The van der Waals surface area contributed by atoms with Crippen LogP contribution in [0.15, 0.2) is 23.3 Å². The van der Waals surface area contributed by atoms with Crippen molar-refractivity contribution in [3.8, 4) is 0 Å². The Hall–Kier alpha value is -0.600. The zero-order valence-electron chi connectivity index (χ0n) is 18.9. The summed E-state index contributed by atoms with van der Waals surface area (Å²) in [5, 5.41) is 8.21. The average molecular weight is 373 g/mol. The molecular weight excluding hydrogens is 328 g/mol. The summed E-state index contributed by atoms with van der Waals surface area (Å²) in [4.78, 5) is 0. The third-order valence-corrected chi connectivity index (χ3v) is 7.72. The molecule has 0 aliphatic heterocycles. The highest BCUT2D eigenvalue weighted by molar-refractivity contribution is 5.42. The van der Waals surface area contributed by atoms with Crippen LogP contribution >= 0.6 is 0 Å². The molecule has 0 aromatic carbocycles. The van der Waals surface area contributed by atoms with Gasteiger partial charge in [-0.2, -0.15) is 0 Å². The second kappa shape index (κ2) is 8.41. The van der Waals surface area contributed by atoms with Gasteiger partial charge in [0.05, 0.1) is 11.6 Å². The van der Waals surface area contributed by atoms with E-state index < -0.39 is 0 Å². The van der Waals surface area contributed by atoms with Gasteiger partial charge < -0.3 is 10.6 Å². The largest absolute Gasteiger partial charge is 0.306 e. The Balaban J connectivity index is 1.93. The Kier molecular flexibility index (Phi) is 6.58. The quantitative estimate of drug-likeness (QED) is 0.503. The third-order valence-electron chi connectivity index (χ3n) is 7.72. The highest BCUT2D eigenvalue weighted by atomic mass is 15.1. The van der Waals surface area contributed by atoms with Gasteiger partial charge in [0.15, 0.2) is 0 Å². The van der Waals surface area contributed by atoms with E-state index in [9.17, 15) is 0 Å². The molecule has 3 aliphatic carbocycles. The molecule has 2 fully saturated rings. The smallest absolute Gasteiger partial charge is 0.0538 e. The first-order valence-electron chi connectivity index (χ1n) is 11.8. The molecule has 0 heterocycles. The van der Waals surface area contributed by atoms with Gasteiger partial charge in [-0.1, -0.05) is 39.8 Å². The minimum atomic E-state index is -0.00255. The van der Waals surface area contributed by atoms with Crippen LogP contribution in [-0.2, 0) is 0 Å². The van der Waals surface area contributed by atoms with Crippen LogP contribution in [0.4, 0.5) is 0 Å². The van der Waals surface area contributed by atoms with Crippen LogP contribution < -0.4 is 10.6 Å². The molecule has 0 saturated heterocycles. The van der Waals surface area contributed by atoms with Gasteiger partial charge in [-0.15, -0.1) is 0 Å². The molecule has 27 heavy (non-hydrogen) atoms. The van der Waals surface area contributed by atoms with Gasteiger partial charge in [0, 0.05) is 12.1 Å². The first kappa shape index (κ1) is 21.1. The van der Waals surface area contributed by atoms with Crippen molar-refractivity contribution >= 4 is 0 Å². The lowest BCUT2D eigenvalue weighted by molar-refractivity contribution is 0.259. The van der Waals surface area contributed by atoms with Crippen LogP contribution in [0, 0.1) is 23.7 Å². The maximum Gasteiger partial charge on any atom is 0.0538 e. The Morgan fingerprint density at radius 2 is 1.48 bits per heavy atom. The number of hydrogen-bond donors (Lipinski definition) is 2. The van der Waals surface area contributed by atoms with Crippen LogP contribution in [0.5, 0.6) is 0 Å². The van der Waals surface area contributed by atoms with Gasteiger partial charge in [0.1, 0.15) is 0 Å². The van der Waals surface area contributed by atoms with E-state index >= 15 is 0 Å². The molecular formula is C25H44N2. The molecule has 3 rings (SSSR count). The Labute approximate surface area is 168 Å². The van der Waals surface area contributed by atoms with E-state index in [-0.39, 0.29) is 5.54 Å². The lowest BCUT2D eigenvalue weighted by Gasteiger charge is -2.46. The van der Waals surface area contributed by atoms with Crippen LogP contribution in [0.2, 0.25) is 0 Å². The molecule has 0 amide bonds. The van der Waals surface area contributed by atoms with E-state index in [0.717, 1.165) is 11.8 Å². The van der Waals surface area contributed by atoms with Crippen LogP contribution in [0.1, 0.15) is 87.0 Å². The number of hydrogen-bond acceptors (Lipinski definition) is 2. The molecule has 154 valence electrons. The van der Waals surface area contributed by atoms with Crippen molar-refractivity contribution in [3.63, 3.8) is 0 Å². The van der Waals surface area contributed by atoms with Crippen LogP contribution in [-0.4, -0.2) is 23.7 Å². The van der Waals surface area contributed by atoms with Crippen molar-refractivity contribution in [3.05, 3.63) is 23.3 Å². The molecule has 2 saturated carbocycles. The molecule has 6 unspecified atom stereocenters. The van der Waals surface area contributed by atoms with Crippen molar-refractivity contribution in [1.82, 2.24) is 10.6 Å². The van der Waals surface area contributed by atoms with Gasteiger partial charge in [0.25, 0.3) is 0 Å². The van der Waals surface area contributed by atoms with Crippen molar-refractivity contribution < 1.29 is 0 Å². The van der Waals surface area contributed by atoms with Crippen LogP contribution in [0.3, 0.4) is 0 Å². The van der Waals surface area contributed by atoms with E-state index in [1.807, 2.05) is 0 Å². The molecule has 2 nitrogen and oxygen atoms in total. The fraction of sp³-hybridized carbons (Fsp3) is 0.840. The third kappa shape index (κ3) is 4.88. The summed E-state index contributed by atoms with van der Waals surface area (Å²) in [6.07, 6.45) is 13.2. The summed E-state index contributed by atoms with van der Waals surface area (Å²) in [6, 6.07) is 1.61. The van der Waals surface area contributed by atoms with Crippen molar-refractivity contribution in [2.75, 3.05) is 0 Å². The van der Waals surface area contributed by atoms with Crippen molar-refractivity contribution in [1.29, 1.82) is 0 Å². The van der Waals surface area contributed by atoms with Gasteiger partial charge in [0.2, 0.25) is 0 Å². The summed E-state index contributed by atoms with van der Waals surface area (Å²) in [5.41, 5.74) is 3.17. The normalized spacial score (nSPS) is 33.1. The highest BCUT2D eigenvalue weighted by Crippen LogP contribution is 2.40. The predicted octanol–water partition coefficient (Wildman–Crippen LogP) is 5.85. The molecule has 2 N–H and O–H groups in total. The maximum atomic E-state index is 4.11. The Bertz CT molecular complexity index is 569. The summed E-state index contributed by atoms with van der Waals surface area (Å²) in [7, 11) is 0. The first-order valence-corrected chi connectivity index (χ1v) is 11.8. The predicted molar refractivity (Wildman–Crippen MR) is 118 cm³/mol. The molecule has 2 heteroatoms. The number of rotatable bonds is 10. The zero-order valence-corrected chi connectivity index (χ0v) is 18.9. The topological polar surface area (TPSA) is 24.1 Å². The number of allylic oxidation sites excluding steroid dienone is 2. The van der Waals surface area contributed by atoms with Gasteiger partial charge >= 0.3 is 0 Å². The zero-order chi connectivity index (χ0) is 19.8. The summed E-state index contributed by atoms with van der Waals surface area (Å²) >= 11 is 0. The molecule has 3 aliphatic rings. The summed E-state index contributed by atoms with van der Waals surface area (Å²) < 4.78 is 0. The van der Waals surface area contributed by atoms with E-state index in [1.165, 1.54) is 38.5 Å². The minimum absolute atomic E-state index is 0.00255. The lowest BCUT2D eigenvalue weighted by Crippen LogP contribution is -2.63. The highest BCUT2D eigenvalue weighted by Gasteiger charge is 2.44. The summed E-state index contributed by atoms with van der Waals surface area (Å²) in [6.45, 7) is 16.7. The van der Waals surface area contributed by atoms with Gasteiger partial charge in [-0.25, -0.2) is 0 Å². The second-order valence-electron chi connectivity index (χ2n) is 10.2. The van der Waals surface area contributed by atoms with Crippen molar-refractivity contribution in [2.24, 2.45) is 23.7 Å². The van der Waals surface area contributed by atoms with Gasteiger partial charge in [-0.3, -0.25) is 0 Å². The fourth-order valence-corrected chi connectivity index (χ4v) is 4.87. The second-order valence-corrected chi connectivity index (χ2v) is 10.2. The van der Waals surface area contributed by atoms with E-state index in [4.69, 9.17) is 0 Å². The molecule has 0 aromatic rings. The molecule has 0 radical (unpaired) electrons. The molecule has 0 aromatic heterocycles. The first-order chi connectivity index (χ1) is 12.8. The SMILES string of the molecule is CCC(C)C1=CC(C)(NC(C)C2CC2)C(NC(C)C2CC2)C(C(C)CC)=C1. The van der Waals surface area contributed by atoms with Gasteiger partial charge in [-0.05, 0) is 94.1 Å². The maximum absolute atomic E-state index is 4.11. The lowest BCUT2D eigenvalue weighted by atomic mass is 9.72. The summed E-state index contributed by atoms with van der Waals surface area (Å²) in [5.74, 6) is 3.01. The molecule has 0 spiro atoms. The Morgan fingerprint density at radius 3 is 2.00 bits per heavy atom. The fourth-order valence-electron chi connectivity index (χ4n) is 4.87. The van der Waals surface area contributed by atoms with E-state index in [0.29, 0.717) is 30.0 Å². The van der Waals surface area contributed by atoms with Crippen LogP contribution in [0.25, 0.3) is 0 Å². The van der Waals surface area contributed by atoms with E-state index in [1.54, 1.807) is 11.1 Å². The minimum Gasteiger partial charge on any atom is -0.306 e. The monoisotopic (exact) mass is 372 g/mol. The van der Waals surface area contributed by atoms with Crippen molar-refractivity contribution in [2.45, 2.75) is 111 Å². The Morgan fingerprint density at radius 1 is 0.926 bits per heavy atom. The average Bonchev–Trinajstić information content (AvgIpc) is 3.52. The van der Waals surface area contributed by atoms with E-state index in [2.05, 4.69) is 71.3 Å². The molecule has 6 atom stereocenters. The standard InChI is InChI=1S/C25H44N2/c1-8-16(3)22-14-23(17(4)9-2)24(26-18(5)20-10-11-20)25(7,15-22)27-19(6)21-12-13-21/h14-21,24,26-27H,8-13H2,1-7H3. The molecule has 0 bridgehead atoms.